The lowest BCUT2D eigenvalue weighted by Crippen LogP contribution is -2.30. The third-order valence-electron chi connectivity index (χ3n) is 11.4. The van der Waals surface area contributed by atoms with E-state index < -0.39 is 6.10 Å². The lowest BCUT2D eigenvalue weighted by molar-refractivity contribution is -0.167. The molecule has 0 aliphatic carbocycles. The first-order chi connectivity index (χ1) is 32.0. The smallest absolute Gasteiger partial charge is 0.306 e. The van der Waals surface area contributed by atoms with Gasteiger partial charge < -0.3 is 14.2 Å². The summed E-state index contributed by atoms with van der Waals surface area (Å²) in [7, 11) is 0. The van der Waals surface area contributed by atoms with Gasteiger partial charge in [0, 0.05) is 19.3 Å². The molecule has 372 valence electrons. The van der Waals surface area contributed by atoms with E-state index in [0.29, 0.717) is 19.3 Å². The molecule has 0 N–H and O–H groups in total. The van der Waals surface area contributed by atoms with Crippen molar-refractivity contribution in [3.05, 3.63) is 85.1 Å². The molecule has 0 fully saturated rings. The van der Waals surface area contributed by atoms with Crippen molar-refractivity contribution in [2.24, 2.45) is 0 Å². The van der Waals surface area contributed by atoms with Crippen LogP contribution in [-0.2, 0) is 28.6 Å². The molecule has 0 aromatic heterocycles. The van der Waals surface area contributed by atoms with Crippen LogP contribution in [0, 0.1) is 0 Å². The molecule has 0 saturated carbocycles. The lowest BCUT2D eigenvalue weighted by Gasteiger charge is -2.18. The average Bonchev–Trinajstić information content (AvgIpc) is 3.30. The van der Waals surface area contributed by atoms with Crippen LogP contribution in [0.25, 0.3) is 0 Å². The Morgan fingerprint density at radius 2 is 0.600 bits per heavy atom. The number of allylic oxidation sites excluding steroid dienone is 14. The van der Waals surface area contributed by atoms with Gasteiger partial charge in [0.2, 0.25) is 0 Å². The second-order valence-corrected chi connectivity index (χ2v) is 17.8. The molecule has 1 atom stereocenters. The Morgan fingerprint density at radius 1 is 0.323 bits per heavy atom. The maximum absolute atomic E-state index is 12.8. The number of unbranched alkanes of at least 4 members (excludes halogenated alkanes) is 23. The molecule has 0 rings (SSSR count). The normalized spacial score (nSPS) is 12.7. The Labute approximate surface area is 401 Å². The molecule has 65 heavy (non-hydrogen) atoms. The van der Waals surface area contributed by atoms with Crippen LogP contribution in [0.15, 0.2) is 85.1 Å². The van der Waals surface area contributed by atoms with Crippen molar-refractivity contribution in [2.45, 2.75) is 258 Å². The number of ether oxygens (including phenoxy) is 3. The summed E-state index contributed by atoms with van der Waals surface area (Å²) < 4.78 is 16.8. The molecule has 0 aliphatic heterocycles. The molecule has 0 unspecified atom stereocenters. The van der Waals surface area contributed by atoms with E-state index in [2.05, 4.69) is 106 Å². The van der Waals surface area contributed by atoms with Crippen LogP contribution in [0.2, 0.25) is 0 Å². The minimum absolute atomic E-state index is 0.0962. The second kappa shape index (κ2) is 53.2. The van der Waals surface area contributed by atoms with Crippen molar-refractivity contribution in [3.8, 4) is 0 Å². The minimum atomic E-state index is -0.802. The van der Waals surface area contributed by atoms with Crippen LogP contribution in [0.4, 0.5) is 0 Å². The Kier molecular flexibility index (Phi) is 50.4. The molecule has 0 heterocycles. The maximum Gasteiger partial charge on any atom is 0.306 e. The van der Waals surface area contributed by atoms with Gasteiger partial charge in [-0.25, -0.2) is 0 Å². The number of hydrogen-bond donors (Lipinski definition) is 0. The molecule has 6 nitrogen and oxygen atoms in total. The summed E-state index contributed by atoms with van der Waals surface area (Å²) in [4.78, 5) is 38.0. The second-order valence-electron chi connectivity index (χ2n) is 17.8. The highest BCUT2D eigenvalue weighted by atomic mass is 16.6. The topological polar surface area (TPSA) is 78.9 Å². The zero-order valence-corrected chi connectivity index (χ0v) is 42.5. The van der Waals surface area contributed by atoms with Crippen molar-refractivity contribution >= 4 is 17.9 Å². The molecule has 0 aromatic rings. The molecular formula is C59H100O6. The summed E-state index contributed by atoms with van der Waals surface area (Å²) >= 11 is 0. The van der Waals surface area contributed by atoms with Gasteiger partial charge in [-0.05, 0) is 96.3 Å². The van der Waals surface area contributed by atoms with E-state index in [1.165, 1.54) is 109 Å². The lowest BCUT2D eigenvalue weighted by atomic mass is 10.0. The van der Waals surface area contributed by atoms with Crippen molar-refractivity contribution in [3.63, 3.8) is 0 Å². The standard InChI is InChI=1S/C59H100O6/c1-4-7-10-13-16-19-22-25-27-28-29-30-32-34-37-40-43-46-49-52-58(61)64-55-56(54-63-57(60)51-48-45-42-39-36-33-24-21-18-15-12-9-6-3)65-59(62)53-50-47-44-41-38-35-31-26-23-20-17-14-11-8-5-2/h8,11,16-17,19-20,25-27,29-31,38,41,56H,4-7,9-10,12-15,18,21-24,28,32-37,39-40,42-55H2,1-3H3/b11-8-,19-16-,20-17-,27-25-,30-29-,31-26-,41-38-/t56-/m1/s1. The number of rotatable bonds is 48. The van der Waals surface area contributed by atoms with Gasteiger partial charge in [0.15, 0.2) is 6.10 Å². The van der Waals surface area contributed by atoms with E-state index in [-0.39, 0.29) is 37.5 Å². The predicted molar refractivity (Wildman–Crippen MR) is 279 cm³/mol. The van der Waals surface area contributed by atoms with Gasteiger partial charge in [0.1, 0.15) is 13.2 Å². The molecule has 0 amide bonds. The van der Waals surface area contributed by atoms with Crippen LogP contribution < -0.4 is 0 Å². The van der Waals surface area contributed by atoms with Crippen LogP contribution in [0.1, 0.15) is 252 Å². The van der Waals surface area contributed by atoms with Crippen LogP contribution in [0.3, 0.4) is 0 Å². The Morgan fingerprint density at radius 3 is 1.00 bits per heavy atom. The summed E-state index contributed by atoms with van der Waals surface area (Å²) in [5.74, 6) is -0.949. The predicted octanol–water partition coefficient (Wildman–Crippen LogP) is 18.0. The fraction of sp³-hybridized carbons (Fsp3) is 0.712. The minimum Gasteiger partial charge on any atom is -0.462 e. The molecule has 0 aliphatic rings. The van der Waals surface area contributed by atoms with Gasteiger partial charge in [0.05, 0.1) is 0 Å². The SMILES string of the molecule is CC/C=C\C/C=C\C/C=C\C/C=C\CCCCC(=O)O[C@@H](COC(=O)CCCCCCCC/C=C\C/C=C\C/C=C\CCCCC)COC(=O)CCCCCCCCCCCCCCC. The zero-order valence-electron chi connectivity index (χ0n) is 42.5. The number of hydrogen-bond acceptors (Lipinski definition) is 6. The third kappa shape index (κ3) is 51.4. The number of carbonyl (C=O) groups is 3. The van der Waals surface area contributed by atoms with Gasteiger partial charge in [-0.2, -0.15) is 0 Å². The van der Waals surface area contributed by atoms with E-state index >= 15 is 0 Å². The molecule has 0 aromatic carbocycles. The van der Waals surface area contributed by atoms with Crippen molar-refractivity contribution in [2.75, 3.05) is 13.2 Å². The first-order valence-electron chi connectivity index (χ1n) is 27.1. The molecule has 0 saturated heterocycles. The Hall–Kier alpha value is -3.41. The quantitative estimate of drug-likeness (QED) is 0.0262. The number of carbonyl (C=O) groups excluding carboxylic acids is 3. The van der Waals surface area contributed by atoms with Crippen molar-refractivity contribution in [1.29, 1.82) is 0 Å². The highest BCUT2D eigenvalue weighted by Crippen LogP contribution is 2.15. The van der Waals surface area contributed by atoms with Gasteiger partial charge in [-0.15, -0.1) is 0 Å². The highest BCUT2D eigenvalue weighted by Gasteiger charge is 2.19. The van der Waals surface area contributed by atoms with E-state index in [1.54, 1.807) is 0 Å². The zero-order chi connectivity index (χ0) is 47.2. The highest BCUT2D eigenvalue weighted by molar-refractivity contribution is 5.71. The van der Waals surface area contributed by atoms with Gasteiger partial charge in [-0.1, -0.05) is 221 Å². The average molecular weight is 905 g/mol. The molecule has 0 radical (unpaired) electrons. The molecule has 0 spiro atoms. The largest absolute Gasteiger partial charge is 0.462 e. The van der Waals surface area contributed by atoms with Crippen molar-refractivity contribution in [1.82, 2.24) is 0 Å². The fourth-order valence-corrected chi connectivity index (χ4v) is 7.32. The van der Waals surface area contributed by atoms with E-state index in [1.807, 2.05) is 0 Å². The Balaban J connectivity index is 4.45. The Bertz CT molecular complexity index is 1270. The van der Waals surface area contributed by atoms with Crippen LogP contribution in [-0.4, -0.2) is 37.2 Å². The maximum atomic E-state index is 12.8. The molecular weight excluding hydrogens is 805 g/mol. The van der Waals surface area contributed by atoms with E-state index in [9.17, 15) is 14.4 Å². The van der Waals surface area contributed by atoms with E-state index in [4.69, 9.17) is 14.2 Å². The van der Waals surface area contributed by atoms with Gasteiger partial charge in [0.25, 0.3) is 0 Å². The number of esters is 3. The van der Waals surface area contributed by atoms with Gasteiger partial charge in [-0.3, -0.25) is 14.4 Å². The van der Waals surface area contributed by atoms with Crippen molar-refractivity contribution < 1.29 is 28.6 Å². The first kappa shape index (κ1) is 61.6. The summed E-state index contributed by atoms with van der Waals surface area (Å²) in [6.45, 7) is 6.45. The van der Waals surface area contributed by atoms with Crippen LogP contribution >= 0.6 is 0 Å². The summed E-state index contributed by atoms with van der Waals surface area (Å²) in [6, 6.07) is 0. The molecule has 6 heteroatoms. The molecule has 0 bridgehead atoms. The van der Waals surface area contributed by atoms with Gasteiger partial charge >= 0.3 is 17.9 Å². The fourth-order valence-electron chi connectivity index (χ4n) is 7.32. The third-order valence-corrected chi connectivity index (χ3v) is 11.4. The summed E-state index contributed by atoms with van der Waals surface area (Å²) in [6.07, 6.45) is 68.5. The van der Waals surface area contributed by atoms with Crippen LogP contribution in [0.5, 0.6) is 0 Å². The first-order valence-corrected chi connectivity index (χ1v) is 27.1. The summed E-state index contributed by atoms with van der Waals surface area (Å²) in [5.41, 5.74) is 0. The van der Waals surface area contributed by atoms with E-state index in [0.717, 1.165) is 96.3 Å². The monoisotopic (exact) mass is 905 g/mol. The summed E-state index contributed by atoms with van der Waals surface area (Å²) in [5, 5.41) is 0.